The van der Waals surface area contributed by atoms with E-state index < -0.39 is 0 Å². The lowest BCUT2D eigenvalue weighted by molar-refractivity contribution is 0.0319. The van der Waals surface area contributed by atoms with Crippen LogP contribution < -0.4 is 5.32 Å². The molecule has 1 atom stereocenters. The van der Waals surface area contributed by atoms with Crippen LogP contribution in [0.4, 0.5) is 0 Å². The lowest BCUT2D eigenvalue weighted by Gasteiger charge is -2.31. The van der Waals surface area contributed by atoms with E-state index in [0.29, 0.717) is 6.10 Å². The normalized spacial score (nSPS) is 24.9. The number of rotatable bonds is 5. The van der Waals surface area contributed by atoms with Crippen LogP contribution in [0.25, 0.3) is 0 Å². The first kappa shape index (κ1) is 11.0. The first-order valence-corrected chi connectivity index (χ1v) is 5.32. The third-order valence-corrected chi connectivity index (χ3v) is 2.65. The van der Waals surface area contributed by atoms with Crippen LogP contribution in [0.3, 0.4) is 0 Å². The molecule has 0 spiro atoms. The average Bonchev–Trinajstić information content (AvgIpc) is 2.19. The van der Waals surface area contributed by atoms with Gasteiger partial charge in [-0.1, -0.05) is 6.92 Å². The number of piperidine rings is 1. The molecular weight excluding hydrogens is 164 g/mol. The molecule has 1 unspecified atom stereocenters. The van der Waals surface area contributed by atoms with Crippen LogP contribution in [-0.4, -0.2) is 50.8 Å². The lowest BCUT2D eigenvalue weighted by Crippen LogP contribution is -2.42. The number of likely N-dealkylation sites (tertiary alicyclic amines) is 1. The van der Waals surface area contributed by atoms with Crippen LogP contribution in [0.1, 0.15) is 19.8 Å². The molecule has 0 amide bonds. The van der Waals surface area contributed by atoms with Crippen molar-refractivity contribution in [3.8, 4) is 0 Å². The second-order valence-corrected chi connectivity index (χ2v) is 3.65. The minimum atomic E-state index is 0.468. The summed E-state index contributed by atoms with van der Waals surface area (Å²) in [6.07, 6.45) is 2.98. The molecule has 3 nitrogen and oxygen atoms in total. The van der Waals surface area contributed by atoms with E-state index in [4.69, 9.17) is 4.74 Å². The quantitative estimate of drug-likeness (QED) is 0.640. The van der Waals surface area contributed by atoms with Crippen molar-refractivity contribution in [3.05, 3.63) is 0 Å². The molecule has 13 heavy (non-hydrogen) atoms. The number of ether oxygens (including phenoxy) is 1. The first-order chi connectivity index (χ1) is 6.36. The molecule has 1 saturated heterocycles. The fraction of sp³-hybridized carbons (Fsp3) is 1.00. The third kappa shape index (κ3) is 4.07. The van der Waals surface area contributed by atoms with Gasteiger partial charge in [-0.05, 0) is 25.9 Å². The number of nitrogens with zero attached hydrogens (tertiary/aromatic N) is 1. The van der Waals surface area contributed by atoms with Gasteiger partial charge in [-0.2, -0.15) is 0 Å². The monoisotopic (exact) mass is 186 g/mol. The Bertz CT molecular complexity index is 130. The zero-order chi connectivity index (χ0) is 9.52. The zero-order valence-corrected chi connectivity index (χ0v) is 8.88. The standard InChI is InChI=1S/C10H22N2O/c1-3-11-6-8-12-7-4-5-10(9-12)13-2/h10-11H,3-9H2,1-2H3. The van der Waals surface area contributed by atoms with Crippen molar-refractivity contribution in [1.29, 1.82) is 0 Å². The van der Waals surface area contributed by atoms with E-state index in [1.165, 1.54) is 19.4 Å². The predicted molar refractivity (Wildman–Crippen MR) is 55.0 cm³/mol. The molecule has 1 fully saturated rings. The van der Waals surface area contributed by atoms with E-state index in [1.807, 2.05) is 7.11 Å². The van der Waals surface area contributed by atoms with Crippen LogP contribution in [0.2, 0.25) is 0 Å². The maximum Gasteiger partial charge on any atom is 0.0698 e. The molecule has 0 aromatic carbocycles. The lowest BCUT2D eigenvalue weighted by atomic mass is 10.1. The smallest absolute Gasteiger partial charge is 0.0698 e. The van der Waals surface area contributed by atoms with Gasteiger partial charge in [0.1, 0.15) is 0 Å². The number of hydrogen-bond acceptors (Lipinski definition) is 3. The summed E-state index contributed by atoms with van der Waals surface area (Å²) in [6, 6.07) is 0. The molecule has 1 aliphatic rings. The second kappa shape index (κ2) is 6.35. The van der Waals surface area contributed by atoms with E-state index in [9.17, 15) is 0 Å². The molecule has 0 aromatic heterocycles. The highest BCUT2D eigenvalue weighted by Crippen LogP contribution is 2.11. The van der Waals surface area contributed by atoms with Crippen LogP contribution in [0.5, 0.6) is 0 Å². The maximum atomic E-state index is 5.37. The summed E-state index contributed by atoms with van der Waals surface area (Å²) in [4.78, 5) is 2.49. The van der Waals surface area contributed by atoms with Gasteiger partial charge in [-0.3, -0.25) is 4.90 Å². The molecule has 1 heterocycles. The minimum Gasteiger partial charge on any atom is -0.380 e. The summed E-state index contributed by atoms with van der Waals surface area (Å²) in [7, 11) is 1.82. The Labute approximate surface area is 81.4 Å². The Hall–Kier alpha value is -0.120. The Morgan fingerprint density at radius 3 is 3.08 bits per heavy atom. The molecular formula is C10H22N2O. The summed E-state index contributed by atoms with van der Waals surface area (Å²) in [5.74, 6) is 0. The fourth-order valence-electron chi connectivity index (χ4n) is 1.82. The predicted octanol–water partition coefficient (Wildman–Crippen LogP) is 0.707. The largest absolute Gasteiger partial charge is 0.380 e. The van der Waals surface area contributed by atoms with Gasteiger partial charge in [0.15, 0.2) is 0 Å². The van der Waals surface area contributed by atoms with E-state index >= 15 is 0 Å². The van der Waals surface area contributed by atoms with Crippen molar-refractivity contribution in [2.75, 3.05) is 39.8 Å². The molecule has 1 N–H and O–H groups in total. The molecule has 78 valence electrons. The third-order valence-electron chi connectivity index (χ3n) is 2.65. The average molecular weight is 186 g/mol. The van der Waals surface area contributed by atoms with Gasteiger partial charge < -0.3 is 10.1 Å². The Kier molecular flexibility index (Phi) is 5.35. The van der Waals surface area contributed by atoms with Gasteiger partial charge in [0.25, 0.3) is 0 Å². The van der Waals surface area contributed by atoms with Crippen molar-refractivity contribution >= 4 is 0 Å². The second-order valence-electron chi connectivity index (χ2n) is 3.65. The molecule has 0 saturated carbocycles. The van der Waals surface area contributed by atoms with Gasteiger partial charge >= 0.3 is 0 Å². The minimum absolute atomic E-state index is 0.468. The van der Waals surface area contributed by atoms with Gasteiger partial charge in [0.05, 0.1) is 6.10 Å². The molecule has 0 bridgehead atoms. The topological polar surface area (TPSA) is 24.5 Å². The fourth-order valence-corrected chi connectivity index (χ4v) is 1.82. The molecule has 1 aliphatic heterocycles. The zero-order valence-electron chi connectivity index (χ0n) is 8.88. The summed E-state index contributed by atoms with van der Waals surface area (Å²) in [5, 5.41) is 3.35. The number of nitrogens with one attached hydrogen (secondary N) is 1. The van der Waals surface area contributed by atoms with Crippen molar-refractivity contribution in [2.45, 2.75) is 25.9 Å². The van der Waals surface area contributed by atoms with E-state index in [-0.39, 0.29) is 0 Å². The number of methoxy groups -OCH3 is 1. The molecule has 0 aromatic rings. The van der Waals surface area contributed by atoms with E-state index in [2.05, 4.69) is 17.1 Å². The van der Waals surface area contributed by atoms with Crippen molar-refractivity contribution < 1.29 is 4.74 Å². The van der Waals surface area contributed by atoms with Crippen molar-refractivity contribution in [1.82, 2.24) is 10.2 Å². The van der Waals surface area contributed by atoms with Crippen molar-refractivity contribution in [2.24, 2.45) is 0 Å². The van der Waals surface area contributed by atoms with Gasteiger partial charge in [0, 0.05) is 26.7 Å². The maximum absolute atomic E-state index is 5.37. The Morgan fingerprint density at radius 1 is 1.54 bits per heavy atom. The van der Waals surface area contributed by atoms with Gasteiger partial charge in [-0.15, -0.1) is 0 Å². The summed E-state index contributed by atoms with van der Waals surface area (Å²) in [5.41, 5.74) is 0. The molecule has 0 aliphatic carbocycles. The summed E-state index contributed by atoms with van der Waals surface area (Å²) in [6.45, 7) is 7.84. The number of likely N-dealkylation sites (N-methyl/N-ethyl adjacent to an activating group) is 1. The summed E-state index contributed by atoms with van der Waals surface area (Å²) >= 11 is 0. The molecule has 3 heteroatoms. The van der Waals surface area contributed by atoms with Crippen LogP contribution in [0, 0.1) is 0 Å². The van der Waals surface area contributed by atoms with E-state index in [1.54, 1.807) is 0 Å². The molecule has 1 rings (SSSR count). The highest BCUT2D eigenvalue weighted by molar-refractivity contribution is 4.73. The van der Waals surface area contributed by atoms with Crippen molar-refractivity contribution in [3.63, 3.8) is 0 Å². The first-order valence-electron chi connectivity index (χ1n) is 5.32. The van der Waals surface area contributed by atoms with Crippen LogP contribution in [0.15, 0.2) is 0 Å². The van der Waals surface area contributed by atoms with Crippen LogP contribution >= 0.6 is 0 Å². The Balaban J connectivity index is 2.11. The molecule has 0 radical (unpaired) electrons. The highest BCUT2D eigenvalue weighted by Gasteiger charge is 2.18. The SMILES string of the molecule is CCNCCN1CCCC(OC)C1. The van der Waals surface area contributed by atoms with Gasteiger partial charge in [-0.25, -0.2) is 0 Å². The highest BCUT2D eigenvalue weighted by atomic mass is 16.5. The van der Waals surface area contributed by atoms with E-state index in [0.717, 1.165) is 26.2 Å². The van der Waals surface area contributed by atoms with Gasteiger partial charge in [0.2, 0.25) is 0 Å². The summed E-state index contributed by atoms with van der Waals surface area (Å²) < 4.78 is 5.37. The Morgan fingerprint density at radius 2 is 2.38 bits per heavy atom. The van der Waals surface area contributed by atoms with Crippen LogP contribution in [-0.2, 0) is 4.74 Å². The number of hydrogen-bond donors (Lipinski definition) is 1.